The molecule has 1 heterocycles. The maximum absolute atomic E-state index is 11.1. The van der Waals surface area contributed by atoms with Gasteiger partial charge < -0.3 is 5.32 Å². The van der Waals surface area contributed by atoms with Crippen molar-refractivity contribution in [3.63, 3.8) is 0 Å². The van der Waals surface area contributed by atoms with Crippen molar-refractivity contribution in [2.75, 3.05) is 33.2 Å². The molecular weight excluding hydrogens is 190 g/mol. The highest BCUT2D eigenvalue weighted by Crippen LogP contribution is 2.02. The quantitative estimate of drug-likeness (QED) is 0.664. The topological polar surface area (TPSA) is 35.4 Å². The molecule has 0 saturated carbocycles. The normalized spacial score (nSPS) is 16.1. The fraction of sp³-hybridized carbons (Fsp3) is 0.818. The highest BCUT2D eigenvalue weighted by molar-refractivity contribution is 5.78. The van der Waals surface area contributed by atoms with E-state index in [4.69, 9.17) is 0 Å². The van der Waals surface area contributed by atoms with Gasteiger partial charge in [-0.05, 0) is 0 Å². The van der Waals surface area contributed by atoms with E-state index < -0.39 is 0 Å². The molecule has 1 N–H and O–H groups in total. The average Bonchev–Trinajstić information content (AvgIpc) is 2.59. The summed E-state index contributed by atoms with van der Waals surface area (Å²) in [5.74, 6) is 1.53. The molecule has 86 valence electrons. The van der Waals surface area contributed by atoms with E-state index in [0.29, 0.717) is 6.42 Å². The van der Waals surface area contributed by atoms with Crippen molar-refractivity contribution in [3.8, 4) is 0 Å². The van der Waals surface area contributed by atoms with Crippen LogP contribution < -0.4 is 5.32 Å². The number of hydrogen-bond acceptors (Lipinski definition) is 2. The summed E-state index contributed by atoms with van der Waals surface area (Å²) in [6.07, 6.45) is 1.64. The maximum Gasteiger partial charge on any atom is 0.246 e. The van der Waals surface area contributed by atoms with E-state index in [0.717, 1.165) is 32.6 Å². The van der Waals surface area contributed by atoms with Crippen LogP contribution in [0.15, 0.2) is 0 Å². The Kier molecular flexibility index (Phi) is 4.59. The first-order chi connectivity index (χ1) is 7.19. The minimum atomic E-state index is 0.139. The van der Waals surface area contributed by atoms with Gasteiger partial charge in [-0.1, -0.05) is 13.8 Å². The number of rotatable bonds is 5. The van der Waals surface area contributed by atoms with Gasteiger partial charge in [0.2, 0.25) is 11.7 Å². The van der Waals surface area contributed by atoms with Crippen LogP contribution in [-0.2, 0) is 4.79 Å². The lowest BCUT2D eigenvalue weighted by atomic mass is 10.3. The van der Waals surface area contributed by atoms with E-state index >= 15 is 0 Å². The Bertz CT molecular complexity index is 261. The predicted molar refractivity (Wildman–Crippen MR) is 61.2 cm³/mol. The maximum atomic E-state index is 11.1. The summed E-state index contributed by atoms with van der Waals surface area (Å²) in [7, 11) is 2.13. The van der Waals surface area contributed by atoms with Crippen molar-refractivity contribution < 1.29 is 9.37 Å². The van der Waals surface area contributed by atoms with Gasteiger partial charge >= 0.3 is 0 Å². The van der Waals surface area contributed by atoms with Gasteiger partial charge in [0.25, 0.3) is 0 Å². The summed E-state index contributed by atoms with van der Waals surface area (Å²) in [4.78, 5) is 13.4. The Morgan fingerprint density at radius 3 is 2.87 bits per heavy atom. The summed E-state index contributed by atoms with van der Waals surface area (Å²) in [6, 6.07) is 0. The molecule has 4 nitrogen and oxygen atoms in total. The molecule has 15 heavy (non-hydrogen) atoms. The first kappa shape index (κ1) is 12.0. The monoisotopic (exact) mass is 212 g/mol. The molecule has 1 aliphatic heterocycles. The molecule has 1 rings (SSSR count). The first-order valence-electron chi connectivity index (χ1n) is 5.77. The van der Waals surface area contributed by atoms with E-state index in [9.17, 15) is 4.79 Å². The highest BCUT2D eigenvalue weighted by Gasteiger charge is 2.25. The van der Waals surface area contributed by atoms with Crippen LogP contribution in [0.4, 0.5) is 0 Å². The Labute approximate surface area is 92.0 Å². The molecule has 0 radical (unpaired) electrons. The molecule has 0 atom stereocenters. The second kappa shape index (κ2) is 5.73. The number of amides is 1. The Hall–Kier alpha value is -1.06. The van der Waals surface area contributed by atoms with Gasteiger partial charge in [-0.3, -0.25) is 14.3 Å². The Morgan fingerprint density at radius 1 is 1.53 bits per heavy atom. The standard InChI is InChI=1S/C11H21N3O/c1-4-10(15)12-6-7-14-9-8-13(3)11(14)5-2/h4-9H2,1-3H3/p+1. The number of carbonyl (C=O) groups is 1. The molecule has 0 bridgehead atoms. The molecule has 1 amide bonds. The third-order valence-corrected chi connectivity index (χ3v) is 2.85. The summed E-state index contributed by atoms with van der Waals surface area (Å²) >= 11 is 0. The summed E-state index contributed by atoms with van der Waals surface area (Å²) in [5.41, 5.74) is 0. The number of nitrogens with zero attached hydrogens (tertiary/aromatic N) is 2. The van der Waals surface area contributed by atoms with Gasteiger partial charge in [0.15, 0.2) is 0 Å². The minimum absolute atomic E-state index is 0.139. The van der Waals surface area contributed by atoms with Crippen LogP contribution in [0.2, 0.25) is 0 Å². The summed E-state index contributed by atoms with van der Waals surface area (Å²) < 4.78 is 2.29. The van der Waals surface area contributed by atoms with E-state index in [-0.39, 0.29) is 5.91 Å². The molecule has 4 heteroatoms. The molecule has 0 aromatic rings. The number of hydrogen-bond donors (Lipinski definition) is 1. The third kappa shape index (κ3) is 3.22. The average molecular weight is 212 g/mol. The lowest BCUT2D eigenvalue weighted by Crippen LogP contribution is -2.37. The molecule has 0 saturated heterocycles. The highest BCUT2D eigenvalue weighted by atomic mass is 16.1. The SMILES string of the molecule is CCC(=O)NCCN1CC[N+](C)=C1CC. The number of likely N-dealkylation sites (N-methyl/N-ethyl adjacent to an activating group) is 1. The van der Waals surface area contributed by atoms with Gasteiger partial charge in [0.1, 0.15) is 19.6 Å². The summed E-state index contributed by atoms with van der Waals surface area (Å²) in [6.45, 7) is 7.92. The minimum Gasteiger partial charge on any atom is -0.352 e. The molecule has 0 fully saturated rings. The molecule has 0 spiro atoms. The zero-order valence-corrected chi connectivity index (χ0v) is 10.0. The van der Waals surface area contributed by atoms with Gasteiger partial charge in [0, 0.05) is 12.8 Å². The molecular formula is C11H22N3O+. The molecule has 0 aliphatic carbocycles. The van der Waals surface area contributed by atoms with Crippen LogP contribution in [0.5, 0.6) is 0 Å². The third-order valence-electron chi connectivity index (χ3n) is 2.85. The number of amidine groups is 1. The largest absolute Gasteiger partial charge is 0.352 e. The zero-order chi connectivity index (χ0) is 11.3. The van der Waals surface area contributed by atoms with Crippen LogP contribution in [0, 0.1) is 0 Å². The van der Waals surface area contributed by atoms with Crippen LogP contribution in [-0.4, -0.2) is 54.4 Å². The summed E-state index contributed by atoms with van der Waals surface area (Å²) in [5, 5.41) is 2.91. The van der Waals surface area contributed by atoms with Crippen LogP contribution in [0.1, 0.15) is 26.7 Å². The van der Waals surface area contributed by atoms with Crippen molar-refractivity contribution in [3.05, 3.63) is 0 Å². The van der Waals surface area contributed by atoms with Crippen molar-refractivity contribution in [2.45, 2.75) is 26.7 Å². The van der Waals surface area contributed by atoms with Crippen molar-refractivity contribution in [1.29, 1.82) is 0 Å². The van der Waals surface area contributed by atoms with E-state index in [1.54, 1.807) is 0 Å². The van der Waals surface area contributed by atoms with Crippen molar-refractivity contribution >= 4 is 11.7 Å². The number of carbonyl (C=O) groups excluding carboxylic acids is 1. The molecule has 0 unspecified atom stereocenters. The van der Waals surface area contributed by atoms with Gasteiger partial charge in [-0.15, -0.1) is 0 Å². The fourth-order valence-electron chi connectivity index (χ4n) is 1.96. The van der Waals surface area contributed by atoms with Gasteiger partial charge in [-0.2, -0.15) is 0 Å². The van der Waals surface area contributed by atoms with E-state index in [1.165, 1.54) is 5.84 Å². The molecule has 0 aromatic carbocycles. The Morgan fingerprint density at radius 2 is 2.27 bits per heavy atom. The van der Waals surface area contributed by atoms with Crippen LogP contribution in [0.25, 0.3) is 0 Å². The van der Waals surface area contributed by atoms with Crippen molar-refractivity contribution in [1.82, 2.24) is 10.2 Å². The van der Waals surface area contributed by atoms with Crippen molar-refractivity contribution in [2.24, 2.45) is 0 Å². The van der Waals surface area contributed by atoms with Crippen LogP contribution in [0.3, 0.4) is 0 Å². The van der Waals surface area contributed by atoms with Gasteiger partial charge in [0.05, 0.1) is 13.6 Å². The second-order valence-corrected chi connectivity index (χ2v) is 3.88. The second-order valence-electron chi connectivity index (χ2n) is 3.88. The lowest BCUT2D eigenvalue weighted by molar-refractivity contribution is -0.487. The zero-order valence-electron chi connectivity index (χ0n) is 10.0. The van der Waals surface area contributed by atoms with E-state index in [1.807, 2.05) is 6.92 Å². The smallest absolute Gasteiger partial charge is 0.246 e. The lowest BCUT2D eigenvalue weighted by Gasteiger charge is -2.12. The predicted octanol–water partition coefficient (Wildman–Crippen LogP) is 0.279. The fourth-order valence-corrected chi connectivity index (χ4v) is 1.96. The first-order valence-corrected chi connectivity index (χ1v) is 5.77. The number of nitrogens with one attached hydrogen (secondary N) is 1. The van der Waals surface area contributed by atoms with E-state index in [2.05, 4.69) is 28.8 Å². The van der Waals surface area contributed by atoms with Crippen LogP contribution >= 0.6 is 0 Å². The molecule has 0 aromatic heterocycles. The molecule has 1 aliphatic rings. The Balaban J connectivity index is 2.31. The van der Waals surface area contributed by atoms with Gasteiger partial charge in [-0.25, -0.2) is 0 Å².